The minimum Gasteiger partial charge on any atom is -0.295 e. The first-order valence-electron chi connectivity index (χ1n) is 4.60. The Hall–Kier alpha value is -1.18. The van der Waals surface area contributed by atoms with Gasteiger partial charge in [0.15, 0.2) is 11.6 Å². The van der Waals surface area contributed by atoms with Crippen LogP contribution < -0.4 is 0 Å². The quantitative estimate of drug-likeness (QED) is 0.526. The maximum atomic E-state index is 11.5. The van der Waals surface area contributed by atoms with E-state index in [0.29, 0.717) is 0 Å². The topological polar surface area (TPSA) is 34.1 Å². The standard InChI is InChI=1S/C11H12O2/c1-7-2-3-8-9(6-7)11(13)5-4-10(8)12/h2,4-5,8-9H,3,6H2,1H3/t8-,9-/m1/s1. The molecule has 0 radical (unpaired) electrons. The fourth-order valence-corrected chi connectivity index (χ4v) is 2.09. The minimum atomic E-state index is -0.0683. The van der Waals surface area contributed by atoms with Crippen molar-refractivity contribution in [1.29, 1.82) is 0 Å². The van der Waals surface area contributed by atoms with Gasteiger partial charge in [0, 0.05) is 11.8 Å². The summed E-state index contributed by atoms with van der Waals surface area (Å²) in [6, 6.07) is 0. The lowest BCUT2D eigenvalue weighted by Crippen LogP contribution is -2.33. The first-order valence-corrected chi connectivity index (χ1v) is 4.60. The Morgan fingerprint density at radius 2 is 1.77 bits per heavy atom. The normalized spacial score (nSPS) is 32.8. The molecule has 13 heavy (non-hydrogen) atoms. The van der Waals surface area contributed by atoms with Gasteiger partial charge in [-0.15, -0.1) is 0 Å². The third-order valence-corrected chi connectivity index (χ3v) is 2.89. The minimum absolute atomic E-state index is 0.0671. The number of carbonyl (C=O) groups excluding carboxylic acids is 2. The van der Waals surface area contributed by atoms with E-state index in [1.165, 1.54) is 17.7 Å². The van der Waals surface area contributed by atoms with Crippen LogP contribution >= 0.6 is 0 Å². The van der Waals surface area contributed by atoms with E-state index in [9.17, 15) is 9.59 Å². The molecule has 2 heteroatoms. The zero-order valence-electron chi connectivity index (χ0n) is 7.62. The van der Waals surface area contributed by atoms with E-state index >= 15 is 0 Å². The number of carbonyl (C=O) groups is 2. The van der Waals surface area contributed by atoms with Gasteiger partial charge in [0.2, 0.25) is 0 Å². The highest BCUT2D eigenvalue weighted by atomic mass is 16.1. The first-order chi connectivity index (χ1) is 6.18. The lowest BCUT2D eigenvalue weighted by Gasteiger charge is -2.29. The molecule has 2 aliphatic carbocycles. The van der Waals surface area contributed by atoms with Gasteiger partial charge in [0.1, 0.15) is 0 Å². The van der Waals surface area contributed by atoms with Gasteiger partial charge < -0.3 is 0 Å². The van der Waals surface area contributed by atoms with Gasteiger partial charge >= 0.3 is 0 Å². The Morgan fingerprint density at radius 1 is 1.15 bits per heavy atom. The van der Waals surface area contributed by atoms with Crippen molar-refractivity contribution in [3.63, 3.8) is 0 Å². The summed E-state index contributed by atoms with van der Waals surface area (Å²) in [4.78, 5) is 22.9. The van der Waals surface area contributed by atoms with Crippen LogP contribution in [0.5, 0.6) is 0 Å². The molecule has 2 nitrogen and oxygen atoms in total. The number of hydrogen-bond donors (Lipinski definition) is 0. The van der Waals surface area contributed by atoms with Crippen molar-refractivity contribution in [2.75, 3.05) is 0 Å². The third-order valence-electron chi connectivity index (χ3n) is 2.89. The Morgan fingerprint density at radius 3 is 2.46 bits per heavy atom. The third kappa shape index (κ3) is 1.37. The second-order valence-electron chi connectivity index (χ2n) is 3.84. The Kier molecular flexibility index (Phi) is 1.91. The van der Waals surface area contributed by atoms with Crippen molar-refractivity contribution in [3.8, 4) is 0 Å². The molecule has 68 valence electrons. The molecule has 0 bridgehead atoms. The Bertz CT molecular complexity index is 323. The van der Waals surface area contributed by atoms with Crippen molar-refractivity contribution in [3.05, 3.63) is 23.8 Å². The largest absolute Gasteiger partial charge is 0.295 e. The van der Waals surface area contributed by atoms with E-state index in [4.69, 9.17) is 0 Å². The van der Waals surface area contributed by atoms with Crippen molar-refractivity contribution in [1.82, 2.24) is 0 Å². The predicted octanol–water partition coefficient (Wildman–Crippen LogP) is 1.67. The summed E-state index contributed by atoms with van der Waals surface area (Å²) in [5, 5.41) is 0. The van der Waals surface area contributed by atoms with Crippen LogP contribution in [0.25, 0.3) is 0 Å². The molecule has 0 N–H and O–H groups in total. The lowest BCUT2D eigenvalue weighted by molar-refractivity contribution is -0.129. The van der Waals surface area contributed by atoms with Crippen molar-refractivity contribution < 1.29 is 9.59 Å². The summed E-state index contributed by atoms with van der Waals surface area (Å²) in [6.07, 6.45) is 6.44. The molecule has 0 saturated carbocycles. The molecular formula is C11H12O2. The maximum absolute atomic E-state index is 11.5. The smallest absolute Gasteiger partial charge is 0.159 e. The van der Waals surface area contributed by atoms with Gasteiger partial charge in [0.25, 0.3) is 0 Å². The van der Waals surface area contributed by atoms with E-state index in [1.807, 2.05) is 6.92 Å². The summed E-state index contributed by atoms with van der Waals surface area (Å²) in [7, 11) is 0. The summed E-state index contributed by atoms with van der Waals surface area (Å²) in [6.45, 7) is 2.02. The molecule has 0 fully saturated rings. The molecule has 0 spiro atoms. The fourth-order valence-electron chi connectivity index (χ4n) is 2.09. The molecule has 0 aromatic carbocycles. The van der Waals surface area contributed by atoms with E-state index in [1.54, 1.807) is 0 Å². The van der Waals surface area contributed by atoms with Gasteiger partial charge in [-0.2, -0.15) is 0 Å². The Labute approximate surface area is 77.3 Å². The van der Waals surface area contributed by atoms with E-state index in [2.05, 4.69) is 6.08 Å². The average Bonchev–Trinajstić information content (AvgIpc) is 2.12. The highest BCUT2D eigenvalue weighted by Crippen LogP contribution is 2.33. The summed E-state index contributed by atoms with van der Waals surface area (Å²) >= 11 is 0. The summed E-state index contributed by atoms with van der Waals surface area (Å²) < 4.78 is 0. The first kappa shape index (κ1) is 8.42. The number of fused-ring (bicyclic) bond motifs is 1. The predicted molar refractivity (Wildman–Crippen MR) is 49.1 cm³/mol. The van der Waals surface area contributed by atoms with Gasteiger partial charge in [0.05, 0.1) is 0 Å². The van der Waals surface area contributed by atoms with E-state index in [-0.39, 0.29) is 23.4 Å². The molecule has 0 unspecified atom stereocenters. The zero-order chi connectivity index (χ0) is 9.42. The highest BCUT2D eigenvalue weighted by molar-refractivity contribution is 6.07. The lowest BCUT2D eigenvalue weighted by atomic mass is 9.73. The van der Waals surface area contributed by atoms with E-state index < -0.39 is 0 Å². The molecular weight excluding hydrogens is 164 g/mol. The van der Waals surface area contributed by atoms with Crippen LogP contribution in [0.4, 0.5) is 0 Å². The number of allylic oxidation sites excluding steroid dienone is 4. The van der Waals surface area contributed by atoms with Crippen molar-refractivity contribution in [2.45, 2.75) is 19.8 Å². The van der Waals surface area contributed by atoms with Gasteiger partial charge in [-0.25, -0.2) is 0 Å². The molecule has 0 aromatic heterocycles. The van der Waals surface area contributed by atoms with Crippen LogP contribution in [-0.4, -0.2) is 11.6 Å². The van der Waals surface area contributed by atoms with Crippen LogP contribution in [0.2, 0.25) is 0 Å². The van der Waals surface area contributed by atoms with Crippen molar-refractivity contribution in [2.24, 2.45) is 11.8 Å². The highest BCUT2D eigenvalue weighted by Gasteiger charge is 2.35. The van der Waals surface area contributed by atoms with Crippen LogP contribution in [0.15, 0.2) is 23.8 Å². The molecule has 0 aromatic rings. The second kappa shape index (κ2) is 2.95. The molecule has 0 saturated heterocycles. The number of ketones is 2. The van der Waals surface area contributed by atoms with Crippen molar-refractivity contribution >= 4 is 11.6 Å². The number of hydrogen-bond acceptors (Lipinski definition) is 2. The van der Waals surface area contributed by atoms with Crippen LogP contribution in [-0.2, 0) is 9.59 Å². The Balaban J connectivity index is 2.32. The fraction of sp³-hybridized carbons (Fsp3) is 0.455. The molecule has 2 atom stereocenters. The monoisotopic (exact) mass is 176 g/mol. The van der Waals surface area contributed by atoms with Gasteiger partial charge in [-0.05, 0) is 31.9 Å². The molecule has 2 rings (SSSR count). The number of rotatable bonds is 0. The zero-order valence-corrected chi connectivity index (χ0v) is 7.62. The molecule has 0 amide bonds. The SMILES string of the molecule is CC1=CC[C@H]2C(=O)C=CC(=O)[C@@H]2C1. The van der Waals surface area contributed by atoms with Crippen LogP contribution in [0.1, 0.15) is 19.8 Å². The molecule has 0 aliphatic heterocycles. The second-order valence-corrected chi connectivity index (χ2v) is 3.84. The van der Waals surface area contributed by atoms with Crippen LogP contribution in [0, 0.1) is 11.8 Å². The summed E-state index contributed by atoms with van der Waals surface area (Å²) in [5.74, 6) is 0.106. The van der Waals surface area contributed by atoms with E-state index in [0.717, 1.165) is 12.8 Å². The average molecular weight is 176 g/mol. The molecule has 2 aliphatic rings. The molecule has 0 heterocycles. The van der Waals surface area contributed by atoms with Gasteiger partial charge in [-0.1, -0.05) is 11.6 Å². The van der Waals surface area contributed by atoms with Crippen LogP contribution in [0.3, 0.4) is 0 Å². The maximum Gasteiger partial charge on any atom is 0.159 e. The van der Waals surface area contributed by atoms with Gasteiger partial charge in [-0.3, -0.25) is 9.59 Å². The summed E-state index contributed by atoms with van der Waals surface area (Å²) in [5.41, 5.74) is 1.23.